The summed E-state index contributed by atoms with van der Waals surface area (Å²) in [5.41, 5.74) is -0.686. The third-order valence-electron chi connectivity index (χ3n) is 3.08. The van der Waals surface area contributed by atoms with Crippen molar-refractivity contribution in [2.75, 3.05) is 6.54 Å². The normalized spacial score (nSPS) is 26.4. The predicted octanol–water partition coefficient (Wildman–Crippen LogP) is 1.41. The van der Waals surface area contributed by atoms with Crippen LogP contribution >= 0.6 is 0 Å². The van der Waals surface area contributed by atoms with Crippen LogP contribution in [0.15, 0.2) is 0 Å². The number of halogens is 3. The largest absolute Gasteiger partial charge is 0.481 e. The zero-order chi connectivity index (χ0) is 13.4. The van der Waals surface area contributed by atoms with Gasteiger partial charge in [-0.25, -0.2) is 0 Å². The molecule has 1 fully saturated rings. The Balaban J connectivity index is 2.43. The van der Waals surface area contributed by atoms with Crippen LogP contribution in [0.25, 0.3) is 0 Å². The number of hydrogen-bond acceptors (Lipinski definition) is 2. The van der Waals surface area contributed by atoms with E-state index in [0.29, 0.717) is 0 Å². The molecule has 0 unspecified atom stereocenters. The Bertz CT molecular complexity index is 338. The molecule has 1 amide bonds. The molecular formula is C10H14F3NO3. The minimum atomic E-state index is -4.32. The minimum Gasteiger partial charge on any atom is -0.481 e. The third kappa shape index (κ3) is 3.10. The molecule has 0 spiro atoms. The van der Waals surface area contributed by atoms with Crippen LogP contribution in [0.3, 0.4) is 0 Å². The van der Waals surface area contributed by atoms with Crippen LogP contribution in [0.4, 0.5) is 13.2 Å². The van der Waals surface area contributed by atoms with Crippen LogP contribution in [0.1, 0.15) is 20.3 Å². The highest BCUT2D eigenvalue weighted by molar-refractivity contribution is 5.91. The van der Waals surface area contributed by atoms with Crippen molar-refractivity contribution in [2.45, 2.75) is 26.4 Å². The van der Waals surface area contributed by atoms with Crippen molar-refractivity contribution in [3.8, 4) is 0 Å². The molecule has 1 aliphatic rings. The minimum absolute atomic E-state index is 0.513. The number of carboxylic acids is 1. The molecule has 0 aromatic carbocycles. The smallest absolute Gasteiger partial charge is 0.390 e. The standard InChI is InChI=1S/C10H14F3NO3/c1-9(2)5(6(9)8(16)17)7(15)14-4-3-10(11,12)13/h5-6H,3-4H2,1-2H3,(H,14,15)(H,16,17)/t5-,6+/m1/s1. The lowest BCUT2D eigenvalue weighted by atomic mass is 10.1. The Morgan fingerprint density at radius 1 is 1.29 bits per heavy atom. The van der Waals surface area contributed by atoms with Gasteiger partial charge in [0.15, 0.2) is 0 Å². The molecular weight excluding hydrogens is 239 g/mol. The van der Waals surface area contributed by atoms with Crippen molar-refractivity contribution >= 4 is 11.9 Å². The molecule has 17 heavy (non-hydrogen) atoms. The van der Waals surface area contributed by atoms with Crippen LogP contribution in [-0.4, -0.2) is 29.7 Å². The van der Waals surface area contributed by atoms with E-state index in [0.717, 1.165) is 0 Å². The van der Waals surface area contributed by atoms with Gasteiger partial charge in [0, 0.05) is 6.54 Å². The number of rotatable bonds is 4. The van der Waals surface area contributed by atoms with Gasteiger partial charge in [0.1, 0.15) is 0 Å². The number of hydrogen-bond donors (Lipinski definition) is 2. The second kappa shape index (κ2) is 4.19. The molecule has 2 N–H and O–H groups in total. The first-order chi connectivity index (χ1) is 7.57. The van der Waals surface area contributed by atoms with Gasteiger partial charge in [0.2, 0.25) is 5.91 Å². The first kappa shape index (κ1) is 13.8. The van der Waals surface area contributed by atoms with E-state index in [-0.39, 0.29) is 0 Å². The van der Waals surface area contributed by atoms with E-state index >= 15 is 0 Å². The number of carbonyl (C=O) groups is 2. The molecule has 1 saturated carbocycles. The van der Waals surface area contributed by atoms with E-state index in [2.05, 4.69) is 5.32 Å². The number of alkyl halides is 3. The summed E-state index contributed by atoms with van der Waals surface area (Å²) in [4.78, 5) is 22.2. The summed E-state index contributed by atoms with van der Waals surface area (Å²) < 4.78 is 35.5. The molecule has 0 aromatic heterocycles. The highest BCUT2D eigenvalue weighted by Gasteiger charge is 2.65. The van der Waals surface area contributed by atoms with Crippen LogP contribution in [0.2, 0.25) is 0 Å². The fourth-order valence-electron chi connectivity index (χ4n) is 2.03. The molecule has 7 heteroatoms. The number of amides is 1. The molecule has 98 valence electrons. The molecule has 0 aliphatic heterocycles. The molecule has 4 nitrogen and oxygen atoms in total. The summed E-state index contributed by atoms with van der Waals surface area (Å²) in [7, 11) is 0. The lowest BCUT2D eigenvalue weighted by Gasteiger charge is -2.08. The van der Waals surface area contributed by atoms with Crippen molar-refractivity contribution < 1.29 is 27.9 Å². The van der Waals surface area contributed by atoms with E-state index in [1.54, 1.807) is 13.8 Å². The van der Waals surface area contributed by atoms with Crippen molar-refractivity contribution in [1.82, 2.24) is 5.32 Å². The zero-order valence-electron chi connectivity index (χ0n) is 9.47. The number of nitrogens with one attached hydrogen (secondary N) is 1. The topological polar surface area (TPSA) is 66.4 Å². The summed E-state index contributed by atoms with van der Waals surface area (Å²) >= 11 is 0. The van der Waals surface area contributed by atoms with Gasteiger partial charge in [-0.05, 0) is 5.41 Å². The van der Waals surface area contributed by atoms with Crippen LogP contribution < -0.4 is 5.32 Å². The van der Waals surface area contributed by atoms with Gasteiger partial charge < -0.3 is 10.4 Å². The first-order valence-electron chi connectivity index (χ1n) is 5.14. The van der Waals surface area contributed by atoms with Crippen molar-refractivity contribution in [1.29, 1.82) is 0 Å². The van der Waals surface area contributed by atoms with E-state index in [9.17, 15) is 22.8 Å². The maximum Gasteiger partial charge on any atom is 0.390 e. The second-order valence-electron chi connectivity index (χ2n) is 4.77. The SMILES string of the molecule is CC1(C)[C@H](C(=O)O)[C@@H]1C(=O)NCCC(F)(F)F. The Morgan fingerprint density at radius 3 is 2.18 bits per heavy atom. The third-order valence-corrected chi connectivity index (χ3v) is 3.08. The average Bonchev–Trinajstić information content (AvgIpc) is 2.66. The zero-order valence-corrected chi connectivity index (χ0v) is 9.47. The number of aliphatic carboxylic acids is 1. The lowest BCUT2D eigenvalue weighted by Crippen LogP contribution is -2.30. The van der Waals surface area contributed by atoms with E-state index in [1.165, 1.54) is 0 Å². The summed E-state index contributed by atoms with van der Waals surface area (Å²) in [6.07, 6.45) is -5.43. The highest BCUT2D eigenvalue weighted by atomic mass is 19.4. The van der Waals surface area contributed by atoms with Crippen LogP contribution in [0.5, 0.6) is 0 Å². The summed E-state index contributed by atoms with van der Waals surface area (Å²) in [5.74, 6) is -3.26. The molecule has 0 aromatic rings. The van der Waals surface area contributed by atoms with Crippen molar-refractivity contribution in [3.63, 3.8) is 0 Å². The highest BCUT2D eigenvalue weighted by Crippen LogP contribution is 2.58. The van der Waals surface area contributed by atoms with Gasteiger partial charge in [0.05, 0.1) is 18.3 Å². The number of carboxylic acid groups (broad SMARTS) is 1. The van der Waals surface area contributed by atoms with Gasteiger partial charge in [-0.15, -0.1) is 0 Å². The van der Waals surface area contributed by atoms with Gasteiger partial charge in [0.25, 0.3) is 0 Å². The maximum absolute atomic E-state index is 11.8. The number of carbonyl (C=O) groups excluding carboxylic acids is 1. The van der Waals surface area contributed by atoms with Crippen LogP contribution in [-0.2, 0) is 9.59 Å². The van der Waals surface area contributed by atoms with Crippen molar-refractivity contribution in [3.05, 3.63) is 0 Å². The molecule has 0 radical (unpaired) electrons. The first-order valence-corrected chi connectivity index (χ1v) is 5.14. The lowest BCUT2D eigenvalue weighted by molar-refractivity contribution is -0.141. The Hall–Kier alpha value is -1.27. The van der Waals surface area contributed by atoms with Gasteiger partial charge in [-0.1, -0.05) is 13.8 Å². The monoisotopic (exact) mass is 253 g/mol. The Morgan fingerprint density at radius 2 is 1.82 bits per heavy atom. The molecule has 0 saturated heterocycles. The van der Waals surface area contributed by atoms with Gasteiger partial charge >= 0.3 is 12.1 Å². The van der Waals surface area contributed by atoms with E-state index in [4.69, 9.17) is 5.11 Å². The predicted molar refractivity (Wildman–Crippen MR) is 52.1 cm³/mol. The fourth-order valence-corrected chi connectivity index (χ4v) is 2.03. The Labute approximate surface area is 96.2 Å². The van der Waals surface area contributed by atoms with Gasteiger partial charge in [-0.3, -0.25) is 9.59 Å². The maximum atomic E-state index is 11.8. The Kier molecular flexibility index (Phi) is 3.40. The van der Waals surface area contributed by atoms with Gasteiger partial charge in [-0.2, -0.15) is 13.2 Å². The molecule has 0 heterocycles. The van der Waals surface area contributed by atoms with Crippen LogP contribution in [0, 0.1) is 17.3 Å². The molecule has 0 bridgehead atoms. The van der Waals surface area contributed by atoms with E-state index in [1.807, 2.05) is 0 Å². The summed E-state index contributed by atoms with van der Waals surface area (Å²) in [6, 6.07) is 0. The molecule has 1 rings (SSSR count). The van der Waals surface area contributed by atoms with E-state index < -0.39 is 48.3 Å². The summed E-state index contributed by atoms with van der Waals surface area (Å²) in [6.45, 7) is 2.71. The average molecular weight is 253 g/mol. The quantitative estimate of drug-likeness (QED) is 0.796. The molecule has 2 atom stereocenters. The summed E-state index contributed by atoms with van der Waals surface area (Å²) in [5, 5.41) is 10.9. The fraction of sp³-hybridized carbons (Fsp3) is 0.800. The molecule has 1 aliphatic carbocycles. The van der Waals surface area contributed by atoms with Crippen molar-refractivity contribution in [2.24, 2.45) is 17.3 Å². The second-order valence-corrected chi connectivity index (χ2v) is 4.77.